The van der Waals surface area contributed by atoms with Crippen LogP contribution in [-0.2, 0) is 14.4 Å². The summed E-state index contributed by atoms with van der Waals surface area (Å²) in [4.78, 5) is 49.4. The van der Waals surface area contributed by atoms with Crippen molar-refractivity contribution < 1.29 is 54.6 Å². The second kappa shape index (κ2) is 12.9. The molecule has 0 fully saturated rings. The normalized spacial score (nSPS) is 10.1. The van der Waals surface area contributed by atoms with E-state index in [9.17, 15) is 24.0 Å². The van der Waals surface area contributed by atoms with Crippen LogP contribution in [0.15, 0.2) is 24.3 Å². The van der Waals surface area contributed by atoms with Crippen molar-refractivity contribution in [3.63, 3.8) is 0 Å². The summed E-state index contributed by atoms with van der Waals surface area (Å²) in [6.07, 6.45) is -1.82. The first-order valence-electron chi connectivity index (χ1n) is 6.79. The van der Waals surface area contributed by atoms with Gasteiger partial charge in [0.25, 0.3) is 0 Å². The number of carboxylic acids is 5. The molecular formula is C15H18O11. The van der Waals surface area contributed by atoms with Crippen molar-refractivity contribution in [2.45, 2.75) is 25.9 Å². The Labute approximate surface area is 146 Å². The highest BCUT2D eigenvalue weighted by Crippen LogP contribution is 2.03. The lowest BCUT2D eigenvalue weighted by atomic mass is 10.1. The van der Waals surface area contributed by atoms with E-state index in [4.69, 9.17) is 30.6 Å². The molecule has 1 atom stereocenters. The van der Waals surface area contributed by atoms with Crippen LogP contribution in [0.5, 0.6) is 0 Å². The second-order valence-corrected chi connectivity index (χ2v) is 4.49. The van der Waals surface area contributed by atoms with Crippen LogP contribution < -0.4 is 0 Å². The topological polar surface area (TPSA) is 207 Å². The maximum atomic E-state index is 10.3. The molecule has 0 saturated heterocycles. The van der Waals surface area contributed by atoms with Crippen LogP contribution in [0.2, 0.25) is 0 Å². The van der Waals surface area contributed by atoms with Crippen molar-refractivity contribution >= 4 is 29.8 Å². The fourth-order valence-corrected chi connectivity index (χ4v) is 0.969. The zero-order valence-electron chi connectivity index (χ0n) is 13.5. The molecule has 1 rings (SSSR count). The molecular weight excluding hydrogens is 356 g/mol. The van der Waals surface area contributed by atoms with E-state index in [1.54, 1.807) is 0 Å². The van der Waals surface area contributed by atoms with Crippen LogP contribution in [0.3, 0.4) is 0 Å². The maximum Gasteiger partial charge on any atom is 0.335 e. The summed E-state index contributed by atoms with van der Waals surface area (Å²) in [6, 6.07) is 5.02. The molecule has 0 spiro atoms. The number of hydrogen-bond acceptors (Lipinski definition) is 6. The molecule has 0 bridgehead atoms. The Balaban J connectivity index is 0. The summed E-state index contributed by atoms with van der Waals surface area (Å²) < 4.78 is 0. The fraction of sp³-hybridized carbons (Fsp3) is 0.267. The molecule has 144 valence electrons. The molecule has 0 aliphatic heterocycles. The van der Waals surface area contributed by atoms with Crippen molar-refractivity contribution in [1.82, 2.24) is 0 Å². The second-order valence-electron chi connectivity index (χ2n) is 4.49. The Bertz CT molecular complexity index is 584. The Morgan fingerprint density at radius 3 is 1.08 bits per heavy atom. The Hall–Kier alpha value is -3.47. The van der Waals surface area contributed by atoms with Gasteiger partial charge in [0.2, 0.25) is 0 Å². The minimum atomic E-state index is -1.23. The zero-order valence-corrected chi connectivity index (χ0v) is 13.5. The van der Waals surface area contributed by atoms with Gasteiger partial charge in [-0.2, -0.15) is 0 Å². The number of aliphatic carboxylic acids is 3. The Morgan fingerprint density at radius 1 is 0.731 bits per heavy atom. The molecule has 0 aliphatic rings. The third-order valence-electron chi connectivity index (χ3n) is 2.29. The van der Waals surface area contributed by atoms with Crippen molar-refractivity contribution in [2.24, 2.45) is 0 Å². The summed E-state index contributed by atoms with van der Waals surface area (Å²) in [7, 11) is 0. The highest BCUT2D eigenvalue weighted by molar-refractivity contribution is 5.91. The summed E-state index contributed by atoms with van der Waals surface area (Å²) in [5.41, 5.74) is 0.167. The maximum absolute atomic E-state index is 10.3. The molecule has 0 heterocycles. The molecule has 26 heavy (non-hydrogen) atoms. The SMILES string of the molecule is CC(O)C(=O)O.O=C(O)CCC(=O)O.O=C(O)c1ccc(C(=O)O)cc1. The van der Waals surface area contributed by atoms with E-state index in [0.29, 0.717) is 0 Å². The van der Waals surface area contributed by atoms with E-state index in [1.165, 1.54) is 31.2 Å². The molecule has 0 amide bonds. The van der Waals surface area contributed by atoms with E-state index < -0.39 is 36.0 Å². The van der Waals surface area contributed by atoms with E-state index >= 15 is 0 Å². The average Bonchev–Trinajstić information content (AvgIpc) is 2.54. The highest BCUT2D eigenvalue weighted by atomic mass is 16.4. The smallest absolute Gasteiger partial charge is 0.335 e. The molecule has 6 N–H and O–H groups in total. The first-order valence-corrected chi connectivity index (χ1v) is 6.79. The van der Waals surface area contributed by atoms with Gasteiger partial charge >= 0.3 is 29.8 Å². The summed E-state index contributed by atoms with van der Waals surface area (Å²) in [5, 5.41) is 48.5. The summed E-state index contributed by atoms with van der Waals surface area (Å²) in [6.45, 7) is 1.20. The van der Waals surface area contributed by atoms with Gasteiger partial charge in [0.05, 0.1) is 24.0 Å². The van der Waals surface area contributed by atoms with Gasteiger partial charge < -0.3 is 30.6 Å². The van der Waals surface area contributed by atoms with E-state index in [-0.39, 0.29) is 24.0 Å². The number of aromatic carboxylic acids is 2. The molecule has 11 heteroatoms. The monoisotopic (exact) mass is 374 g/mol. The largest absolute Gasteiger partial charge is 0.481 e. The van der Waals surface area contributed by atoms with Gasteiger partial charge in [-0.1, -0.05) is 0 Å². The van der Waals surface area contributed by atoms with Crippen LogP contribution in [0.1, 0.15) is 40.5 Å². The first kappa shape index (κ1) is 24.8. The summed E-state index contributed by atoms with van der Waals surface area (Å²) in [5.74, 6) is -5.46. The van der Waals surface area contributed by atoms with E-state index in [1.807, 2.05) is 0 Å². The quantitative estimate of drug-likeness (QED) is 0.403. The fourth-order valence-electron chi connectivity index (χ4n) is 0.969. The lowest BCUT2D eigenvalue weighted by Gasteiger charge is -1.94. The van der Waals surface area contributed by atoms with Crippen LogP contribution in [0.25, 0.3) is 0 Å². The van der Waals surface area contributed by atoms with Crippen LogP contribution in [0.4, 0.5) is 0 Å². The van der Waals surface area contributed by atoms with Crippen molar-refractivity contribution in [3.8, 4) is 0 Å². The third kappa shape index (κ3) is 14.1. The number of aliphatic hydroxyl groups is 1. The van der Waals surface area contributed by atoms with Gasteiger partial charge in [0, 0.05) is 0 Å². The standard InChI is InChI=1S/C8H6O4.C4H6O4.C3H6O3/c9-7(10)5-1-2-6(4-3-5)8(11)12;5-3(6)1-2-4(7)8;1-2(4)3(5)6/h1-4H,(H,9,10)(H,11,12);1-2H2,(H,5,6)(H,7,8);2,4H,1H3,(H,5,6). The van der Waals surface area contributed by atoms with Crippen molar-refractivity contribution in [1.29, 1.82) is 0 Å². The number of hydrogen-bond donors (Lipinski definition) is 6. The predicted octanol–water partition coefficient (Wildman–Crippen LogP) is 0.471. The lowest BCUT2D eigenvalue weighted by molar-refractivity contribution is -0.145. The van der Waals surface area contributed by atoms with Gasteiger partial charge in [0.15, 0.2) is 0 Å². The zero-order chi connectivity index (χ0) is 20.9. The van der Waals surface area contributed by atoms with Gasteiger partial charge in [0.1, 0.15) is 6.10 Å². The lowest BCUT2D eigenvalue weighted by Crippen LogP contribution is -2.13. The van der Waals surface area contributed by atoms with E-state index in [2.05, 4.69) is 0 Å². The Morgan fingerprint density at radius 2 is 0.962 bits per heavy atom. The molecule has 0 saturated carbocycles. The molecule has 0 aliphatic carbocycles. The molecule has 1 aromatic rings. The van der Waals surface area contributed by atoms with Gasteiger partial charge in [-0.05, 0) is 31.2 Å². The van der Waals surface area contributed by atoms with Crippen LogP contribution >= 0.6 is 0 Å². The van der Waals surface area contributed by atoms with Gasteiger partial charge in [-0.15, -0.1) is 0 Å². The van der Waals surface area contributed by atoms with Gasteiger partial charge in [-0.25, -0.2) is 14.4 Å². The molecule has 1 unspecified atom stereocenters. The first-order chi connectivity index (χ1) is 11.9. The Kier molecular flexibility index (Phi) is 12.3. The number of benzene rings is 1. The van der Waals surface area contributed by atoms with Crippen molar-refractivity contribution in [2.75, 3.05) is 0 Å². The minimum absolute atomic E-state index is 0.0833. The molecule has 0 radical (unpaired) electrons. The van der Waals surface area contributed by atoms with E-state index in [0.717, 1.165) is 0 Å². The summed E-state index contributed by atoms with van der Waals surface area (Å²) >= 11 is 0. The molecule has 0 aromatic heterocycles. The van der Waals surface area contributed by atoms with Crippen molar-refractivity contribution in [3.05, 3.63) is 35.4 Å². The average molecular weight is 374 g/mol. The number of aliphatic hydroxyl groups excluding tert-OH is 1. The molecule has 11 nitrogen and oxygen atoms in total. The molecule has 1 aromatic carbocycles. The minimum Gasteiger partial charge on any atom is -0.481 e. The number of carboxylic acid groups (broad SMARTS) is 5. The highest BCUT2D eigenvalue weighted by Gasteiger charge is 2.05. The van der Waals surface area contributed by atoms with Crippen LogP contribution in [-0.4, -0.2) is 66.6 Å². The third-order valence-corrected chi connectivity index (χ3v) is 2.29. The predicted molar refractivity (Wildman–Crippen MR) is 84.2 cm³/mol. The van der Waals surface area contributed by atoms with Gasteiger partial charge in [-0.3, -0.25) is 9.59 Å². The van der Waals surface area contributed by atoms with Crippen LogP contribution in [0, 0.1) is 0 Å². The number of carbonyl (C=O) groups is 5. The number of rotatable bonds is 6.